The molecule has 0 spiro atoms. The number of carbonyl (C=O) groups excluding carboxylic acids is 3. The van der Waals surface area contributed by atoms with Crippen molar-refractivity contribution in [2.45, 2.75) is 43.0 Å². The van der Waals surface area contributed by atoms with Gasteiger partial charge in [0.2, 0.25) is 17.7 Å². The number of amides is 3. The van der Waals surface area contributed by atoms with Crippen LogP contribution in [0.4, 0.5) is 11.4 Å². The van der Waals surface area contributed by atoms with Gasteiger partial charge in [-0.15, -0.1) is 0 Å². The molecular weight excluding hydrogens is 518 g/mol. The maximum absolute atomic E-state index is 13.6. The maximum Gasteiger partial charge on any atom is 0.308 e. The molecule has 0 saturated carbocycles. The molecule has 3 heterocycles. The molecule has 7 nitrogen and oxygen atoms in total. The van der Waals surface area contributed by atoms with Gasteiger partial charge in [-0.3, -0.25) is 23.7 Å². The van der Waals surface area contributed by atoms with E-state index in [9.17, 15) is 19.2 Å². The number of thioether (sulfide) groups is 1. The van der Waals surface area contributed by atoms with E-state index in [0.29, 0.717) is 16.4 Å². The number of hydrogen-bond acceptors (Lipinski definition) is 6. The van der Waals surface area contributed by atoms with Gasteiger partial charge < -0.3 is 5.32 Å². The Balaban J connectivity index is 1.32. The standard InChI is InChI=1S/C29H25N3O4S2/c1-16-11-13-18(14-12-16)32-25(34)22-23(26(32)35)37-27-24(29(22,2)3)38-28(36)31(27)15-21(33)30-20-10-6-8-17-7-4-5-9-19(17)20/h4-14,22-23H,15H2,1-3H3,(H,30,33)/t22-,23+/m1/s1. The fourth-order valence-corrected chi connectivity index (χ4v) is 8.42. The zero-order valence-electron chi connectivity index (χ0n) is 21.1. The maximum atomic E-state index is 13.6. The highest BCUT2D eigenvalue weighted by Crippen LogP contribution is 2.54. The second kappa shape index (κ2) is 8.96. The number of carbonyl (C=O) groups is 3. The minimum atomic E-state index is -0.751. The van der Waals surface area contributed by atoms with Gasteiger partial charge in [-0.1, -0.05) is 91.0 Å². The number of fused-ring (bicyclic) bond motifs is 3. The van der Waals surface area contributed by atoms with Gasteiger partial charge >= 0.3 is 4.87 Å². The average Bonchev–Trinajstić information content (AvgIpc) is 3.34. The van der Waals surface area contributed by atoms with Crippen LogP contribution in [0.15, 0.2) is 76.6 Å². The van der Waals surface area contributed by atoms with Crippen molar-refractivity contribution < 1.29 is 14.4 Å². The number of anilines is 2. The number of nitrogens with one attached hydrogen (secondary N) is 1. The number of hydrogen-bond donors (Lipinski definition) is 1. The second-order valence-electron chi connectivity index (χ2n) is 10.2. The normalized spacial score (nSPS) is 19.9. The highest BCUT2D eigenvalue weighted by Gasteiger charge is 2.59. The van der Waals surface area contributed by atoms with Crippen LogP contribution in [0.1, 0.15) is 24.3 Å². The second-order valence-corrected chi connectivity index (χ2v) is 12.3. The molecular formula is C29H25N3O4S2. The molecule has 38 heavy (non-hydrogen) atoms. The van der Waals surface area contributed by atoms with Crippen LogP contribution in [0.2, 0.25) is 0 Å². The summed E-state index contributed by atoms with van der Waals surface area (Å²) in [5, 5.41) is 4.77. The largest absolute Gasteiger partial charge is 0.324 e. The van der Waals surface area contributed by atoms with Crippen LogP contribution in [-0.4, -0.2) is 27.5 Å². The van der Waals surface area contributed by atoms with Crippen LogP contribution in [0.3, 0.4) is 0 Å². The lowest BCUT2D eigenvalue weighted by Crippen LogP contribution is -2.41. The van der Waals surface area contributed by atoms with Gasteiger partial charge in [0.15, 0.2) is 0 Å². The van der Waals surface area contributed by atoms with Crippen molar-refractivity contribution >= 4 is 63.0 Å². The Hall–Kier alpha value is -3.69. The number of rotatable bonds is 4. The number of aromatic nitrogens is 1. The fraction of sp³-hybridized carbons (Fsp3) is 0.241. The third-order valence-electron chi connectivity index (χ3n) is 7.36. The first-order chi connectivity index (χ1) is 18.2. The van der Waals surface area contributed by atoms with E-state index in [-0.39, 0.29) is 29.1 Å². The molecule has 2 atom stereocenters. The molecule has 0 bridgehead atoms. The van der Waals surface area contributed by atoms with Crippen LogP contribution >= 0.6 is 23.1 Å². The minimum absolute atomic E-state index is 0.182. The number of nitrogens with zero attached hydrogens (tertiary/aromatic N) is 2. The predicted molar refractivity (Wildman–Crippen MR) is 151 cm³/mol. The molecule has 1 fully saturated rings. The number of aryl methyl sites for hydroxylation is 1. The summed E-state index contributed by atoms with van der Waals surface area (Å²) in [5.74, 6) is -1.49. The van der Waals surface area contributed by atoms with Crippen molar-refractivity contribution in [1.82, 2.24) is 4.57 Å². The lowest BCUT2D eigenvalue weighted by molar-refractivity contribution is -0.123. The molecule has 1 saturated heterocycles. The Morgan fingerprint density at radius 3 is 2.42 bits per heavy atom. The van der Waals surface area contributed by atoms with Crippen molar-refractivity contribution in [3.05, 3.63) is 86.8 Å². The SMILES string of the molecule is Cc1ccc(N2C(=O)[C@H]3Sc4c(sc(=O)n4CC(=O)Nc4cccc5ccccc45)C(C)(C)[C@H]3C2=O)cc1. The third kappa shape index (κ3) is 3.80. The smallest absolute Gasteiger partial charge is 0.308 e. The molecule has 2 aliphatic heterocycles. The van der Waals surface area contributed by atoms with Gasteiger partial charge in [0, 0.05) is 21.4 Å². The van der Waals surface area contributed by atoms with Crippen molar-refractivity contribution in [2.24, 2.45) is 5.92 Å². The van der Waals surface area contributed by atoms with Gasteiger partial charge in [-0.05, 0) is 30.5 Å². The molecule has 0 radical (unpaired) electrons. The van der Waals surface area contributed by atoms with Gasteiger partial charge in [-0.2, -0.15) is 0 Å². The number of thiazole rings is 1. The summed E-state index contributed by atoms with van der Waals surface area (Å²) in [6.07, 6.45) is 0. The van der Waals surface area contributed by atoms with E-state index in [4.69, 9.17) is 0 Å². The molecule has 3 amide bonds. The first kappa shape index (κ1) is 24.6. The van der Waals surface area contributed by atoms with E-state index in [2.05, 4.69) is 5.32 Å². The molecule has 192 valence electrons. The first-order valence-corrected chi connectivity index (χ1v) is 14.0. The number of imide groups is 1. The Labute approximate surface area is 227 Å². The van der Waals surface area contributed by atoms with Crippen molar-refractivity contribution in [2.75, 3.05) is 10.2 Å². The van der Waals surface area contributed by atoms with Crippen LogP contribution in [-0.2, 0) is 26.3 Å². The molecule has 4 aromatic rings. The molecule has 3 aromatic carbocycles. The topological polar surface area (TPSA) is 88.5 Å². The summed E-state index contributed by atoms with van der Waals surface area (Å²) >= 11 is 2.27. The molecule has 2 aliphatic rings. The summed E-state index contributed by atoms with van der Waals surface area (Å²) < 4.78 is 1.44. The quantitative estimate of drug-likeness (QED) is 0.368. The molecule has 1 N–H and O–H groups in total. The Bertz CT molecular complexity index is 1680. The minimum Gasteiger partial charge on any atom is -0.324 e. The monoisotopic (exact) mass is 543 g/mol. The average molecular weight is 544 g/mol. The summed E-state index contributed by atoms with van der Waals surface area (Å²) in [5.41, 5.74) is 1.50. The third-order valence-corrected chi connectivity index (χ3v) is 10.2. The lowest BCUT2D eigenvalue weighted by atomic mass is 9.76. The first-order valence-electron chi connectivity index (χ1n) is 12.3. The van der Waals surface area contributed by atoms with Crippen molar-refractivity contribution in [1.29, 1.82) is 0 Å². The van der Waals surface area contributed by atoms with Crippen LogP contribution in [0.25, 0.3) is 10.8 Å². The lowest BCUT2D eigenvalue weighted by Gasteiger charge is -2.36. The highest BCUT2D eigenvalue weighted by molar-refractivity contribution is 8.00. The van der Waals surface area contributed by atoms with Crippen LogP contribution in [0.5, 0.6) is 0 Å². The molecule has 9 heteroatoms. The summed E-state index contributed by atoms with van der Waals surface area (Å²) in [7, 11) is 0. The summed E-state index contributed by atoms with van der Waals surface area (Å²) in [6, 6.07) is 20.7. The van der Waals surface area contributed by atoms with Crippen LogP contribution < -0.4 is 15.1 Å². The van der Waals surface area contributed by atoms with Gasteiger partial charge in [0.05, 0.1) is 16.6 Å². The Kier molecular flexibility index (Phi) is 5.81. The molecule has 0 aliphatic carbocycles. The Morgan fingerprint density at radius 1 is 0.947 bits per heavy atom. The number of benzene rings is 3. The van der Waals surface area contributed by atoms with E-state index in [0.717, 1.165) is 32.5 Å². The zero-order valence-corrected chi connectivity index (χ0v) is 22.7. The van der Waals surface area contributed by atoms with Crippen LogP contribution in [0, 0.1) is 12.8 Å². The summed E-state index contributed by atoms with van der Waals surface area (Å²) in [6.45, 7) is 5.58. The summed E-state index contributed by atoms with van der Waals surface area (Å²) in [4.78, 5) is 55.1. The van der Waals surface area contributed by atoms with Gasteiger partial charge in [-0.25, -0.2) is 4.90 Å². The van der Waals surface area contributed by atoms with E-state index in [1.807, 2.05) is 75.4 Å². The van der Waals surface area contributed by atoms with E-state index in [1.54, 1.807) is 12.1 Å². The fourth-order valence-electron chi connectivity index (χ4n) is 5.38. The van der Waals surface area contributed by atoms with Gasteiger partial charge in [0.25, 0.3) is 0 Å². The molecule has 0 unspecified atom stereocenters. The molecule has 1 aromatic heterocycles. The highest BCUT2D eigenvalue weighted by atomic mass is 32.2. The van der Waals surface area contributed by atoms with Crippen molar-refractivity contribution in [3.8, 4) is 0 Å². The van der Waals surface area contributed by atoms with Crippen molar-refractivity contribution in [3.63, 3.8) is 0 Å². The zero-order chi connectivity index (χ0) is 26.8. The van der Waals surface area contributed by atoms with Gasteiger partial charge in [0.1, 0.15) is 11.8 Å². The predicted octanol–water partition coefficient (Wildman–Crippen LogP) is 4.95. The Morgan fingerprint density at radius 2 is 1.66 bits per heavy atom. The van der Waals surface area contributed by atoms with E-state index >= 15 is 0 Å². The van der Waals surface area contributed by atoms with E-state index in [1.165, 1.54) is 21.2 Å². The molecule has 6 rings (SSSR count). The van der Waals surface area contributed by atoms with E-state index < -0.39 is 16.6 Å².